The smallest absolute Gasteiger partial charge is 0.244 e. The van der Waals surface area contributed by atoms with E-state index >= 15 is 0 Å². The number of hydrogen-bond donors (Lipinski definition) is 2. The Morgan fingerprint density at radius 1 is 1.05 bits per heavy atom. The van der Waals surface area contributed by atoms with Crippen molar-refractivity contribution in [3.05, 3.63) is 63.1 Å². The number of nitrogens with two attached hydrogens (primary N) is 1. The van der Waals surface area contributed by atoms with Gasteiger partial charge >= 0.3 is 0 Å². The maximum Gasteiger partial charge on any atom is 0.244 e. The fourth-order valence-corrected chi connectivity index (χ4v) is 2.48. The minimum absolute atomic E-state index is 0.362. The number of carbonyl (C=O) groups is 1. The van der Waals surface area contributed by atoms with Crippen LogP contribution in [0.25, 0.3) is 0 Å². The second-order valence-corrected chi connectivity index (χ2v) is 5.38. The van der Waals surface area contributed by atoms with E-state index in [9.17, 15) is 4.79 Å². The lowest BCUT2D eigenvalue weighted by atomic mass is 10.1. The van der Waals surface area contributed by atoms with Crippen molar-refractivity contribution < 1.29 is 4.79 Å². The SMILES string of the molecule is NC(=O)C(Nc1ccccc1Cl)c1ccc(Cl)cc1Cl. The molecule has 1 unspecified atom stereocenters. The molecular formula is C14H11Cl3N2O. The van der Waals surface area contributed by atoms with Crippen molar-refractivity contribution in [3.63, 3.8) is 0 Å². The molecule has 6 heteroatoms. The van der Waals surface area contributed by atoms with Crippen molar-refractivity contribution in [1.82, 2.24) is 0 Å². The molecule has 0 aromatic heterocycles. The molecule has 0 saturated carbocycles. The number of halogens is 3. The minimum atomic E-state index is -0.792. The summed E-state index contributed by atoms with van der Waals surface area (Å²) in [5, 5.41) is 4.33. The zero-order chi connectivity index (χ0) is 14.7. The van der Waals surface area contributed by atoms with Gasteiger partial charge in [-0.15, -0.1) is 0 Å². The Morgan fingerprint density at radius 2 is 1.75 bits per heavy atom. The van der Waals surface area contributed by atoms with Crippen molar-refractivity contribution in [2.45, 2.75) is 6.04 Å². The van der Waals surface area contributed by atoms with Gasteiger partial charge in [-0.3, -0.25) is 4.79 Å². The van der Waals surface area contributed by atoms with Crippen LogP contribution in [0.4, 0.5) is 5.69 Å². The van der Waals surface area contributed by atoms with Crippen LogP contribution in [0.3, 0.4) is 0 Å². The van der Waals surface area contributed by atoms with Crippen LogP contribution in [0.15, 0.2) is 42.5 Å². The number of rotatable bonds is 4. The van der Waals surface area contributed by atoms with Crippen molar-refractivity contribution in [3.8, 4) is 0 Å². The van der Waals surface area contributed by atoms with Crippen LogP contribution < -0.4 is 11.1 Å². The highest BCUT2D eigenvalue weighted by Crippen LogP contribution is 2.30. The maximum atomic E-state index is 11.7. The Balaban J connectivity index is 2.37. The van der Waals surface area contributed by atoms with Gasteiger partial charge in [0.25, 0.3) is 0 Å². The molecule has 0 spiro atoms. The summed E-state index contributed by atoms with van der Waals surface area (Å²) < 4.78 is 0. The summed E-state index contributed by atoms with van der Waals surface area (Å²) >= 11 is 18.0. The topological polar surface area (TPSA) is 55.1 Å². The van der Waals surface area contributed by atoms with Crippen molar-refractivity contribution in [2.75, 3.05) is 5.32 Å². The third-order valence-corrected chi connectivity index (χ3v) is 3.62. The van der Waals surface area contributed by atoms with Crippen molar-refractivity contribution >= 4 is 46.4 Å². The van der Waals surface area contributed by atoms with E-state index in [4.69, 9.17) is 40.5 Å². The number of primary amides is 1. The molecule has 0 bridgehead atoms. The van der Waals surface area contributed by atoms with Crippen LogP contribution in [0.2, 0.25) is 15.1 Å². The predicted molar refractivity (Wildman–Crippen MR) is 83.5 cm³/mol. The van der Waals surface area contributed by atoms with Crippen molar-refractivity contribution in [1.29, 1.82) is 0 Å². The lowest BCUT2D eigenvalue weighted by molar-refractivity contribution is -0.118. The van der Waals surface area contributed by atoms with Crippen molar-refractivity contribution in [2.24, 2.45) is 5.73 Å². The molecule has 3 nitrogen and oxygen atoms in total. The summed E-state index contributed by atoms with van der Waals surface area (Å²) in [6.45, 7) is 0. The molecule has 2 aromatic rings. The zero-order valence-corrected chi connectivity index (χ0v) is 12.5. The highest BCUT2D eigenvalue weighted by atomic mass is 35.5. The molecule has 0 aliphatic rings. The first kappa shape index (κ1) is 15.0. The quantitative estimate of drug-likeness (QED) is 0.879. The number of para-hydroxylation sites is 1. The van der Waals surface area contributed by atoms with Crippen LogP contribution in [0.1, 0.15) is 11.6 Å². The van der Waals surface area contributed by atoms with E-state index in [0.717, 1.165) is 0 Å². The predicted octanol–water partition coefficient (Wildman–Crippen LogP) is 4.29. The standard InChI is InChI=1S/C14H11Cl3N2O/c15-8-5-6-9(11(17)7-8)13(14(18)20)19-12-4-2-1-3-10(12)16/h1-7,13,19H,(H2,18,20). The molecule has 0 aliphatic heterocycles. The van der Waals surface area contributed by atoms with Gasteiger partial charge in [-0.2, -0.15) is 0 Å². The molecule has 2 rings (SSSR count). The number of amides is 1. The third kappa shape index (κ3) is 3.37. The Morgan fingerprint density at radius 3 is 2.35 bits per heavy atom. The van der Waals surface area contributed by atoms with Crippen LogP contribution >= 0.6 is 34.8 Å². The normalized spacial score (nSPS) is 11.9. The molecule has 20 heavy (non-hydrogen) atoms. The molecule has 0 saturated heterocycles. The van der Waals surface area contributed by atoms with Gasteiger partial charge in [-0.05, 0) is 24.3 Å². The minimum Gasteiger partial charge on any atom is -0.369 e. The first-order chi connectivity index (χ1) is 9.49. The molecule has 0 aliphatic carbocycles. The molecule has 2 aromatic carbocycles. The number of nitrogens with one attached hydrogen (secondary N) is 1. The van der Waals surface area contributed by atoms with Gasteiger partial charge < -0.3 is 11.1 Å². The van der Waals surface area contributed by atoms with Gasteiger partial charge in [-0.1, -0.05) is 53.0 Å². The van der Waals surface area contributed by atoms with Gasteiger partial charge in [0.15, 0.2) is 0 Å². The van der Waals surface area contributed by atoms with E-state index in [2.05, 4.69) is 5.32 Å². The molecule has 0 radical (unpaired) electrons. The molecule has 0 heterocycles. The molecule has 0 fully saturated rings. The van der Waals surface area contributed by atoms with E-state index in [1.807, 2.05) is 0 Å². The van der Waals surface area contributed by atoms with E-state index in [-0.39, 0.29) is 0 Å². The van der Waals surface area contributed by atoms with Gasteiger partial charge in [0.1, 0.15) is 6.04 Å². The molecule has 104 valence electrons. The summed E-state index contributed by atoms with van der Waals surface area (Å²) in [6, 6.07) is 11.1. The fraction of sp³-hybridized carbons (Fsp3) is 0.0714. The second-order valence-electron chi connectivity index (χ2n) is 4.13. The highest BCUT2D eigenvalue weighted by Gasteiger charge is 2.21. The van der Waals surface area contributed by atoms with Crippen LogP contribution in [0.5, 0.6) is 0 Å². The summed E-state index contributed by atoms with van der Waals surface area (Å²) in [6.07, 6.45) is 0. The summed E-state index contributed by atoms with van der Waals surface area (Å²) in [5.41, 5.74) is 6.58. The third-order valence-electron chi connectivity index (χ3n) is 2.73. The van der Waals surface area contributed by atoms with E-state index < -0.39 is 11.9 Å². The van der Waals surface area contributed by atoms with Crippen LogP contribution in [-0.4, -0.2) is 5.91 Å². The largest absolute Gasteiger partial charge is 0.369 e. The van der Waals surface area contributed by atoms with Gasteiger partial charge in [0.05, 0.1) is 10.7 Å². The average Bonchev–Trinajstić information content (AvgIpc) is 2.38. The van der Waals surface area contributed by atoms with Gasteiger partial charge in [-0.25, -0.2) is 0 Å². The van der Waals surface area contributed by atoms with Gasteiger partial charge in [0.2, 0.25) is 5.91 Å². The number of benzene rings is 2. The lowest BCUT2D eigenvalue weighted by Crippen LogP contribution is -2.28. The maximum absolute atomic E-state index is 11.7. The van der Waals surface area contributed by atoms with Gasteiger partial charge in [0, 0.05) is 15.6 Å². The van der Waals surface area contributed by atoms with Crippen LogP contribution in [0, 0.1) is 0 Å². The first-order valence-corrected chi connectivity index (χ1v) is 6.88. The molecule has 3 N–H and O–H groups in total. The van der Waals surface area contributed by atoms with E-state index in [1.165, 1.54) is 0 Å². The summed E-state index contributed by atoms with van der Waals surface area (Å²) in [5.74, 6) is -0.561. The Labute approximate surface area is 131 Å². The summed E-state index contributed by atoms with van der Waals surface area (Å²) in [7, 11) is 0. The zero-order valence-electron chi connectivity index (χ0n) is 10.2. The molecular weight excluding hydrogens is 319 g/mol. The first-order valence-electron chi connectivity index (χ1n) is 5.74. The fourth-order valence-electron chi connectivity index (χ4n) is 1.77. The Bertz CT molecular complexity index is 646. The van der Waals surface area contributed by atoms with E-state index in [1.54, 1.807) is 42.5 Å². The number of carbonyl (C=O) groups excluding carboxylic acids is 1. The Hall–Kier alpha value is -1.42. The average molecular weight is 330 g/mol. The summed E-state index contributed by atoms with van der Waals surface area (Å²) in [4.78, 5) is 11.7. The Kier molecular flexibility index (Phi) is 4.76. The molecule has 1 amide bonds. The number of hydrogen-bond acceptors (Lipinski definition) is 2. The highest BCUT2D eigenvalue weighted by molar-refractivity contribution is 6.35. The number of anilines is 1. The molecule has 1 atom stereocenters. The van der Waals surface area contributed by atoms with Crippen LogP contribution in [-0.2, 0) is 4.79 Å². The monoisotopic (exact) mass is 328 g/mol. The lowest BCUT2D eigenvalue weighted by Gasteiger charge is -2.19. The van der Waals surface area contributed by atoms with E-state index in [0.29, 0.717) is 26.3 Å². The second kappa shape index (κ2) is 6.35.